The Labute approximate surface area is 130 Å². The smallest absolute Gasteiger partial charge is 0.265 e. The van der Waals surface area contributed by atoms with E-state index in [4.69, 9.17) is 4.74 Å². The molecular weight excluding hydrogens is 281 g/mol. The number of amides is 1. The summed E-state index contributed by atoms with van der Waals surface area (Å²) in [5.41, 5.74) is 2.70. The lowest BCUT2D eigenvalue weighted by Gasteiger charge is -2.18. The fourth-order valence-corrected chi connectivity index (χ4v) is 2.06. The van der Waals surface area contributed by atoms with E-state index in [0.29, 0.717) is 17.9 Å². The molecule has 116 valence electrons. The second kappa shape index (κ2) is 7.07. The number of hydrogen-bond acceptors (Lipinski definition) is 2. The zero-order chi connectivity index (χ0) is 16.1. The van der Waals surface area contributed by atoms with E-state index in [-0.39, 0.29) is 11.7 Å². The Hall–Kier alpha value is -2.36. The summed E-state index contributed by atoms with van der Waals surface area (Å²) in [6, 6.07) is 11.5. The fourth-order valence-electron chi connectivity index (χ4n) is 2.06. The van der Waals surface area contributed by atoms with Crippen LogP contribution in [0.2, 0.25) is 0 Å². The largest absolute Gasteiger partial charge is 0.481 e. The molecular formula is C18H20FNO2. The standard InChI is InChI=1S/C18H20FNO2/c1-4-17(22-16-9-8-12(2)13(3)10-16)18(21)20-15-7-5-6-14(19)11-15/h5-11,17H,4H2,1-3H3,(H,20,21)/t17-/m0/s1. The average Bonchev–Trinajstić information content (AvgIpc) is 2.48. The van der Waals surface area contributed by atoms with E-state index in [9.17, 15) is 9.18 Å². The highest BCUT2D eigenvalue weighted by molar-refractivity contribution is 5.94. The van der Waals surface area contributed by atoms with Gasteiger partial charge < -0.3 is 10.1 Å². The van der Waals surface area contributed by atoms with Crippen molar-refractivity contribution in [1.29, 1.82) is 0 Å². The molecule has 0 radical (unpaired) electrons. The SMILES string of the molecule is CC[C@H](Oc1ccc(C)c(C)c1)C(=O)Nc1cccc(F)c1. The van der Waals surface area contributed by atoms with Crippen LogP contribution in [0.1, 0.15) is 24.5 Å². The highest BCUT2D eigenvalue weighted by atomic mass is 19.1. The van der Waals surface area contributed by atoms with Crippen molar-refractivity contribution in [3.8, 4) is 5.75 Å². The zero-order valence-corrected chi connectivity index (χ0v) is 13.0. The van der Waals surface area contributed by atoms with Crippen molar-refractivity contribution >= 4 is 11.6 Å². The maximum Gasteiger partial charge on any atom is 0.265 e. The number of carbonyl (C=O) groups excluding carboxylic acids is 1. The quantitative estimate of drug-likeness (QED) is 0.897. The van der Waals surface area contributed by atoms with E-state index in [0.717, 1.165) is 5.56 Å². The van der Waals surface area contributed by atoms with Crippen molar-refractivity contribution in [1.82, 2.24) is 0 Å². The molecule has 2 aromatic carbocycles. The third-order valence-electron chi connectivity index (χ3n) is 3.51. The molecule has 0 spiro atoms. The summed E-state index contributed by atoms with van der Waals surface area (Å²) in [6.45, 7) is 5.89. The number of halogens is 1. The van der Waals surface area contributed by atoms with E-state index in [2.05, 4.69) is 5.32 Å². The second-order valence-corrected chi connectivity index (χ2v) is 5.26. The van der Waals surface area contributed by atoms with E-state index in [1.165, 1.54) is 17.7 Å². The van der Waals surface area contributed by atoms with E-state index < -0.39 is 6.10 Å². The molecule has 0 aliphatic rings. The molecule has 0 saturated heterocycles. The van der Waals surface area contributed by atoms with Crippen LogP contribution in [0.3, 0.4) is 0 Å². The van der Waals surface area contributed by atoms with Crippen molar-refractivity contribution in [2.24, 2.45) is 0 Å². The number of nitrogens with one attached hydrogen (secondary N) is 1. The summed E-state index contributed by atoms with van der Waals surface area (Å²) in [5.74, 6) is -0.0170. The lowest BCUT2D eigenvalue weighted by Crippen LogP contribution is -2.32. The summed E-state index contributed by atoms with van der Waals surface area (Å²) < 4.78 is 18.9. The molecule has 4 heteroatoms. The Morgan fingerprint density at radius 3 is 2.59 bits per heavy atom. The zero-order valence-electron chi connectivity index (χ0n) is 13.0. The third-order valence-corrected chi connectivity index (χ3v) is 3.51. The van der Waals surface area contributed by atoms with Gasteiger partial charge >= 0.3 is 0 Å². The van der Waals surface area contributed by atoms with E-state index in [1.54, 1.807) is 12.1 Å². The molecule has 0 saturated carbocycles. The second-order valence-electron chi connectivity index (χ2n) is 5.26. The number of ether oxygens (including phenoxy) is 1. The molecule has 0 aromatic heterocycles. The predicted octanol–water partition coefficient (Wildman–Crippen LogP) is 4.24. The summed E-state index contributed by atoms with van der Waals surface area (Å²) in [5, 5.41) is 2.68. The first-order valence-corrected chi connectivity index (χ1v) is 7.30. The molecule has 1 amide bonds. The van der Waals surface area contributed by atoms with Crippen molar-refractivity contribution in [2.75, 3.05) is 5.32 Å². The molecule has 2 aromatic rings. The third kappa shape index (κ3) is 4.07. The highest BCUT2D eigenvalue weighted by Gasteiger charge is 2.18. The number of carbonyl (C=O) groups is 1. The Bertz CT molecular complexity index is 670. The maximum absolute atomic E-state index is 13.1. The number of aryl methyl sites for hydroxylation is 2. The first-order chi connectivity index (χ1) is 10.5. The van der Waals surface area contributed by atoms with Crippen LogP contribution >= 0.6 is 0 Å². The van der Waals surface area contributed by atoms with Crippen LogP contribution in [-0.2, 0) is 4.79 Å². The lowest BCUT2D eigenvalue weighted by molar-refractivity contribution is -0.122. The van der Waals surface area contributed by atoms with Gasteiger partial charge in [0.1, 0.15) is 11.6 Å². The van der Waals surface area contributed by atoms with Crippen LogP contribution < -0.4 is 10.1 Å². The van der Waals surface area contributed by atoms with Gasteiger partial charge in [-0.25, -0.2) is 4.39 Å². The monoisotopic (exact) mass is 301 g/mol. The average molecular weight is 301 g/mol. The van der Waals surface area contributed by atoms with Gasteiger partial charge in [-0.2, -0.15) is 0 Å². The van der Waals surface area contributed by atoms with Crippen LogP contribution in [0.4, 0.5) is 10.1 Å². The molecule has 0 heterocycles. The number of rotatable bonds is 5. The number of hydrogen-bond donors (Lipinski definition) is 1. The molecule has 0 bridgehead atoms. The minimum atomic E-state index is -0.620. The molecule has 2 rings (SSSR count). The van der Waals surface area contributed by atoms with Gasteiger partial charge in [0.25, 0.3) is 5.91 Å². The molecule has 1 N–H and O–H groups in total. The molecule has 0 fully saturated rings. The molecule has 0 aliphatic heterocycles. The van der Waals surface area contributed by atoms with Gasteiger partial charge in [-0.15, -0.1) is 0 Å². The molecule has 3 nitrogen and oxygen atoms in total. The van der Waals surface area contributed by atoms with Crippen LogP contribution in [0.25, 0.3) is 0 Å². The Kier molecular flexibility index (Phi) is 5.15. The Morgan fingerprint density at radius 1 is 1.18 bits per heavy atom. The summed E-state index contributed by atoms with van der Waals surface area (Å²) in [4.78, 5) is 12.3. The molecule has 1 atom stereocenters. The Morgan fingerprint density at radius 2 is 1.95 bits per heavy atom. The van der Waals surface area contributed by atoms with Crippen LogP contribution in [0.15, 0.2) is 42.5 Å². The lowest BCUT2D eigenvalue weighted by atomic mass is 10.1. The van der Waals surface area contributed by atoms with E-state index in [1.807, 2.05) is 39.0 Å². The van der Waals surface area contributed by atoms with E-state index >= 15 is 0 Å². The van der Waals surface area contributed by atoms with Crippen molar-refractivity contribution in [2.45, 2.75) is 33.3 Å². The van der Waals surface area contributed by atoms with Gasteiger partial charge in [0.2, 0.25) is 0 Å². The number of benzene rings is 2. The first kappa shape index (κ1) is 16.0. The predicted molar refractivity (Wildman–Crippen MR) is 85.7 cm³/mol. The molecule has 22 heavy (non-hydrogen) atoms. The first-order valence-electron chi connectivity index (χ1n) is 7.30. The van der Waals surface area contributed by atoms with Gasteiger partial charge in [0.15, 0.2) is 6.10 Å². The topological polar surface area (TPSA) is 38.3 Å². The normalized spacial score (nSPS) is 11.8. The van der Waals surface area contributed by atoms with Gasteiger partial charge in [-0.05, 0) is 61.7 Å². The van der Waals surface area contributed by atoms with Gasteiger partial charge in [-0.3, -0.25) is 4.79 Å². The summed E-state index contributed by atoms with van der Waals surface area (Å²) >= 11 is 0. The van der Waals surface area contributed by atoms with Crippen molar-refractivity contribution in [3.05, 3.63) is 59.4 Å². The Balaban J connectivity index is 2.07. The number of anilines is 1. The van der Waals surface area contributed by atoms with Gasteiger partial charge in [-0.1, -0.05) is 19.1 Å². The summed E-state index contributed by atoms with van der Waals surface area (Å²) in [7, 11) is 0. The fraction of sp³-hybridized carbons (Fsp3) is 0.278. The highest BCUT2D eigenvalue weighted by Crippen LogP contribution is 2.19. The van der Waals surface area contributed by atoms with Crippen LogP contribution in [0, 0.1) is 19.7 Å². The maximum atomic E-state index is 13.1. The van der Waals surface area contributed by atoms with Gasteiger partial charge in [0, 0.05) is 5.69 Å². The molecule has 0 aliphatic carbocycles. The van der Waals surface area contributed by atoms with Crippen molar-refractivity contribution in [3.63, 3.8) is 0 Å². The summed E-state index contributed by atoms with van der Waals surface area (Å²) in [6.07, 6.45) is -0.0981. The van der Waals surface area contributed by atoms with Crippen LogP contribution in [0.5, 0.6) is 5.75 Å². The van der Waals surface area contributed by atoms with Gasteiger partial charge in [0.05, 0.1) is 0 Å². The minimum absolute atomic E-state index is 0.286. The van der Waals surface area contributed by atoms with Crippen LogP contribution in [-0.4, -0.2) is 12.0 Å². The minimum Gasteiger partial charge on any atom is -0.481 e. The molecule has 0 unspecified atom stereocenters. The van der Waals surface area contributed by atoms with Crippen molar-refractivity contribution < 1.29 is 13.9 Å².